The van der Waals surface area contributed by atoms with E-state index in [0.717, 1.165) is 16.0 Å². The van der Waals surface area contributed by atoms with Gasteiger partial charge in [0.1, 0.15) is 11.5 Å². The minimum Gasteiger partial charge on any atom is -0.457 e. The Morgan fingerprint density at radius 2 is 1.77 bits per heavy atom. The molecule has 5 nitrogen and oxygen atoms in total. The Balaban J connectivity index is 1.61. The zero-order valence-electron chi connectivity index (χ0n) is 17.0. The van der Waals surface area contributed by atoms with E-state index in [1.807, 2.05) is 60.0 Å². The molecule has 0 saturated carbocycles. The van der Waals surface area contributed by atoms with Crippen LogP contribution in [0, 0.1) is 0 Å². The van der Waals surface area contributed by atoms with E-state index in [0.29, 0.717) is 40.9 Å². The smallest absolute Gasteiger partial charge is 0.279 e. The number of fused-ring (bicyclic) bond motifs is 1. The molecule has 0 bridgehead atoms. The van der Waals surface area contributed by atoms with Crippen molar-refractivity contribution < 1.29 is 14.3 Å². The van der Waals surface area contributed by atoms with Crippen LogP contribution in [0.2, 0.25) is 5.02 Å². The molecule has 7 heteroatoms. The number of carbonyl (C=O) groups is 1. The number of thiazole rings is 1. The number of rotatable bonds is 7. The molecule has 3 aromatic carbocycles. The van der Waals surface area contributed by atoms with Gasteiger partial charge in [-0.15, -0.1) is 0 Å². The van der Waals surface area contributed by atoms with Gasteiger partial charge >= 0.3 is 0 Å². The molecule has 0 atom stereocenters. The Labute approximate surface area is 189 Å². The second-order valence-corrected chi connectivity index (χ2v) is 8.15. The first kappa shape index (κ1) is 21.3. The number of nitrogens with zero attached hydrogens (tertiary/aromatic N) is 2. The van der Waals surface area contributed by atoms with Gasteiger partial charge in [0, 0.05) is 23.7 Å². The average molecular weight is 453 g/mol. The van der Waals surface area contributed by atoms with E-state index in [9.17, 15) is 4.79 Å². The van der Waals surface area contributed by atoms with Crippen LogP contribution >= 0.6 is 22.9 Å². The van der Waals surface area contributed by atoms with Crippen molar-refractivity contribution in [3.05, 3.63) is 88.2 Å². The van der Waals surface area contributed by atoms with Gasteiger partial charge in [-0.1, -0.05) is 41.1 Å². The van der Waals surface area contributed by atoms with Crippen molar-refractivity contribution in [1.82, 2.24) is 4.57 Å². The summed E-state index contributed by atoms with van der Waals surface area (Å²) in [6, 6.07) is 22.1. The van der Waals surface area contributed by atoms with Gasteiger partial charge in [0.15, 0.2) is 4.80 Å². The number of aromatic nitrogens is 1. The molecule has 4 aromatic rings. The molecule has 1 aromatic heterocycles. The lowest BCUT2D eigenvalue weighted by atomic mass is 10.2. The Morgan fingerprint density at radius 3 is 2.52 bits per heavy atom. The molecule has 0 aliphatic carbocycles. The summed E-state index contributed by atoms with van der Waals surface area (Å²) in [5, 5.41) is 0.651. The van der Waals surface area contributed by atoms with Crippen LogP contribution < -0.4 is 9.54 Å². The van der Waals surface area contributed by atoms with Gasteiger partial charge in [0.05, 0.1) is 16.8 Å². The summed E-state index contributed by atoms with van der Waals surface area (Å²) in [7, 11) is 0. The number of hydrogen-bond acceptors (Lipinski definition) is 4. The van der Waals surface area contributed by atoms with E-state index < -0.39 is 0 Å². The van der Waals surface area contributed by atoms with Gasteiger partial charge < -0.3 is 14.0 Å². The Morgan fingerprint density at radius 1 is 1.03 bits per heavy atom. The van der Waals surface area contributed by atoms with Crippen LogP contribution in [0.25, 0.3) is 10.2 Å². The summed E-state index contributed by atoms with van der Waals surface area (Å²) >= 11 is 7.58. The standard InChI is InChI=1S/C24H21ClN2O3S/c1-2-29-15-14-27-21-13-10-18(25)16-22(21)31-24(27)26-23(28)17-8-11-20(12-9-17)30-19-6-4-3-5-7-19/h3-13,16H,2,14-15H2,1H3. The first-order chi connectivity index (χ1) is 15.1. The minimum atomic E-state index is -0.311. The zero-order valence-corrected chi connectivity index (χ0v) is 18.5. The SMILES string of the molecule is CCOCCn1c(=NC(=O)c2ccc(Oc3ccccc3)cc2)sc2cc(Cl)ccc21. The summed E-state index contributed by atoms with van der Waals surface area (Å²) in [6.45, 7) is 3.73. The van der Waals surface area contributed by atoms with Crippen LogP contribution in [-0.2, 0) is 11.3 Å². The van der Waals surface area contributed by atoms with Crippen molar-refractivity contribution >= 4 is 39.1 Å². The number of halogens is 1. The van der Waals surface area contributed by atoms with Gasteiger partial charge in [-0.2, -0.15) is 4.99 Å². The van der Waals surface area contributed by atoms with Crippen LogP contribution in [-0.4, -0.2) is 23.7 Å². The molecule has 4 rings (SSSR count). The molecule has 31 heavy (non-hydrogen) atoms. The van der Waals surface area contributed by atoms with Crippen LogP contribution in [0.3, 0.4) is 0 Å². The molecule has 0 saturated heterocycles. The Bertz CT molecular complexity index is 1250. The lowest BCUT2D eigenvalue weighted by Gasteiger charge is -2.06. The lowest BCUT2D eigenvalue weighted by molar-refractivity contribution is 0.0996. The zero-order chi connectivity index (χ0) is 21.6. The highest BCUT2D eigenvalue weighted by Gasteiger charge is 2.10. The third kappa shape index (κ3) is 5.22. The topological polar surface area (TPSA) is 52.8 Å². The quantitative estimate of drug-likeness (QED) is 0.327. The molecule has 0 aliphatic heterocycles. The molecule has 1 amide bonds. The van der Waals surface area contributed by atoms with Gasteiger partial charge in [-0.05, 0) is 61.5 Å². The van der Waals surface area contributed by atoms with E-state index in [1.165, 1.54) is 11.3 Å². The summed E-state index contributed by atoms with van der Waals surface area (Å²) in [5.41, 5.74) is 1.47. The van der Waals surface area contributed by atoms with Gasteiger partial charge in [0.25, 0.3) is 5.91 Å². The number of carbonyl (C=O) groups excluding carboxylic acids is 1. The van der Waals surface area contributed by atoms with Crippen LogP contribution in [0.1, 0.15) is 17.3 Å². The fraction of sp³-hybridized carbons (Fsp3) is 0.167. The highest BCUT2D eigenvalue weighted by atomic mass is 35.5. The predicted octanol–water partition coefficient (Wildman–Crippen LogP) is 5.93. The molecule has 0 radical (unpaired) electrons. The van der Waals surface area contributed by atoms with Gasteiger partial charge in [0.2, 0.25) is 0 Å². The van der Waals surface area contributed by atoms with Crippen molar-refractivity contribution in [3.8, 4) is 11.5 Å². The largest absolute Gasteiger partial charge is 0.457 e. The normalized spacial score (nSPS) is 11.7. The summed E-state index contributed by atoms with van der Waals surface area (Å²) in [6.07, 6.45) is 0. The summed E-state index contributed by atoms with van der Waals surface area (Å²) < 4.78 is 14.3. The number of hydrogen-bond donors (Lipinski definition) is 0. The maximum atomic E-state index is 12.8. The second kappa shape index (κ2) is 9.92. The number of ether oxygens (including phenoxy) is 2. The van der Waals surface area contributed by atoms with Gasteiger partial charge in [-0.25, -0.2) is 0 Å². The summed E-state index contributed by atoms with van der Waals surface area (Å²) in [5.74, 6) is 1.09. The first-order valence-electron chi connectivity index (χ1n) is 9.92. The van der Waals surface area contributed by atoms with E-state index in [2.05, 4.69) is 4.99 Å². The molecular formula is C24H21ClN2O3S. The predicted molar refractivity (Wildman–Crippen MR) is 124 cm³/mol. The monoisotopic (exact) mass is 452 g/mol. The highest BCUT2D eigenvalue weighted by molar-refractivity contribution is 7.16. The molecule has 0 unspecified atom stereocenters. The molecule has 0 fully saturated rings. The molecule has 158 valence electrons. The highest BCUT2D eigenvalue weighted by Crippen LogP contribution is 2.23. The van der Waals surface area contributed by atoms with Crippen molar-refractivity contribution in [2.24, 2.45) is 4.99 Å². The van der Waals surface area contributed by atoms with Crippen LogP contribution in [0.15, 0.2) is 77.8 Å². The molecule has 0 N–H and O–H groups in total. The van der Waals surface area contributed by atoms with Crippen LogP contribution in [0.4, 0.5) is 0 Å². The minimum absolute atomic E-state index is 0.311. The van der Waals surface area contributed by atoms with E-state index in [4.69, 9.17) is 21.1 Å². The van der Waals surface area contributed by atoms with Gasteiger partial charge in [-0.3, -0.25) is 4.79 Å². The first-order valence-corrected chi connectivity index (χ1v) is 11.1. The Kier molecular flexibility index (Phi) is 6.82. The number of amides is 1. The molecular weight excluding hydrogens is 432 g/mol. The average Bonchev–Trinajstić information content (AvgIpc) is 3.11. The number of benzene rings is 3. The third-order valence-electron chi connectivity index (χ3n) is 4.59. The maximum absolute atomic E-state index is 12.8. The fourth-order valence-electron chi connectivity index (χ4n) is 3.09. The van der Waals surface area contributed by atoms with Crippen molar-refractivity contribution in [3.63, 3.8) is 0 Å². The van der Waals surface area contributed by atoms with E-state index in [-0.39, 0.29) is 5.91 Å². The van der Waals surface area contributed by atoms with Crippen molar-refractivity contribution in [2.45, 2.75) is 13.5 Å². The number of para-hydroxylation sites is 1. The third-order valence-corrected chi connectivity index (χ3v) is 5.86. The van der Waals surface area contributed by atoms with E-state index in [1.54, 1.807) is 24.3 Å². The van der Waals surface area contributed by atoms with Crippen molar-refractivity contribution in [2.75, 3.05) is 13.2 Å². The molecule has 0 aliphatic rings. The fourth-order valence-corrected chi connectivity index (χ4v) is 4.42. The van der Waals surface area contributed by atoms with Crippen molar-refractivity contribution in [1.29, 1.82) is 0 Å². The second-order valence-electron chi connectivity index (χ2n) is 6.70. The lowest BCUT2D eigenvalue weighted by Crippen LogP contribution is -2.19. The van der Waals surface area contributed by atoms with Crippen LogP contribution in [0.5, 0.6) is 11.5 Å². The Hall–Kier alpha value is -2.93. The van der Waals surface area contributed by atoms with E-state index >= 15 is 0 Å². The maximum Gasteiger partial charge on any atom is 0.279 e. The molecule has 0 spiro atoms. The summed E-state index contributed by atoms with van der Waals surface area (Å²) in [4.78, 5) is 17.8. The molecule has 1 heterocycles.